The smallest absolute Gasteiger partial charge is 0.194 e. The van der Waals surface area contributed by atoms with E-state index in [1.165, 1.54) is 0 Å². The van der Waals surface area contributed by atoms with Crippen LogP contribution in [0.15, 0.2) is 35.5 Å². The third-order valence-corrected chi connectivity index (χ3v) is 5.61. The molecule has 0 atom stereocenters. The zero-order chi connectivity index (χ0) is 21.7. The zero-order valence-electron chi connectivity index (χ0n) is 18.3. The van der Waals surface area contributed by atoms with Crippen molar-refractivity contribution in [2.75, 3.05) is 31.6 Å². The fraction of sp³-hybridized carbons (Fsp3) is 0.500. The van der Waals surface area contributed by atoms with Crippen molar-refractivity contribution in [3.05, 3.63) is 52.6 Å². The molecule has 2 aromatic rings. The number of aromatic nitrogens is 1. The first-order valence-electron chi connectivity index (χ1n) is 10.4. The van der Waals surface area contributed by atoms with Crippen molar-refractivity contribution >= 4 is 47.2 Å². The van der Waals surface area contributed by atoms with Crippen LogP contribution in [0.4, 0.5) is 10.1 Å². The Morgan fingerprint density at radius 3 is 2.61 bits per heavy atom. The van der Waals surface area contributed by atoms with Crippen molar-refractivity contribution in [3.63, 3.8) is 0 Å². The molecule has 0 aliphatic carbocycles. The third kappa shape index (κ3) is 6.98. The lowest BCUT2D eigenvalue weighted by atomic mass is 10.1. The summed E-state index contributed by atoms with van der Waals surface area (Å²) in [5.41, 5.74) is 2.49. The predicted octanol–water partition coefficient (Wildman–Crippen LogP) is 3.99. The number of hydrogen-bond donors (Lipinski definition) is 2. The van der Waals surface area contributed by atoms with Crippen molar-refractivity contribution in [1.29, 1.82) is 0 Å². The molecule has 0 amide bonds. The van der Waals surface area contributed by atoms with E-state index in [1.807, 2.05) is 59.8 Å². The van der Waals surface area contributed by atoms with Gasteiger partial charge in [-0.1, -0.05) is 17.7 Å². The Balaban J connectivity index is 0.00000341. The minimum absolute atomic E-state index is 0. The second kappa shape index (κ2) is 11.9. The molecule has 3 rings (SSSR count). The molecule has 2 heterocycles. The number of halogens is 3. The molecule has 1 aliphatic heterocycles. The van der Waals surface area contributed by atoms with E-state index in [9.17, 15) is 9.50 Å². The average molecular weight is 564 g/mol. The van der Waals surface area contributed by atoms with Gasteiger partial charge in [-0.25, -0.2) is 9.38 Å². The first-order valence-corrected chi connectivity index (χ1v) is 10.8. The molecule has 9 heteroatoms. The van der Waals surface area contributed by atoms with Gasteiger partial charge in [0.2, 0.25) is 0 Å². The maximum Gasteiger partial charge on any atom is 0.194 e. The molecular formula is C22H32ClFIN5O. The van der Waals surface area contributed by atoms with Gasteiger partial charge in [0.1, 0.15) is 5.82 Å². The van der Waals surface area contributed by atoms with E-state index in [0.717, 1.165) is 23.8 Å². The van der Waals surface area contributed by atoms with Crippen LogP contribution >= 0.6 is 35.6 Å². The van der Waals surface area contributed by atoms with E-state index in [0.29, 0.717) is 49.7 Å². The molecule has 172 valence electrons. The lowest BCUT2D eigenvalue weighted by Crippen LogP contribution is -2.38. The molecule has 0 bridgehead atoms. The summed E-state index contributed by atoms with van der Waals surface area (Å²) in [4.78, 5) is 8.71. The summed E-state index contributed by atoms with van der Waals surface area (Å²) in [6.45, 7) is 5.15. The molecule has 6 nitrogen and oxygen atoms in total. The summed E-state index contributed by atoms with van der Waals surface area (Å²) in [6, 6.07) is 7.24. The summed E-state index contributed by atoms with van der Waals surface area (Å²) < 4.78 is 16.7. The molecule has 2 N–H and O–H groups in total. The number of hydrogen-bond acceptors (Lipinski definition) is 3. The number of rotatable bonds is 6. The largest absolute Gasteiger partial charge is 0.393 e. The number of anilines is 1. The normalized spacial score (nSPS) is 15.0. The Hall–Kier alpha value is -1.52. The molecule has 1 aliphatic rings. The minimum atomic E-state index is -0.272. The van der Waals surface area contributed by atoms with Gasteiger partial charge in [0.15, 0.2) is 5.96 Å². The number of nitrogens with one attached hydrogen (secondary N) is 1. The standard InChI is InChI=1S/C22H31ClFN5O.HI/c1-4-25-22(28(3)15-18-12-17(23)14-27(18)2)26-13-16-5-6-21(20(24)11-16)29-9-7-19(30)8-10-29;/h5-6,11-12,14,19,30H,4,7-10,13,15H2,1-3H3,(H,25,26);1H. The highest BCUT2D eigenvalue weighted by atomic mass is 127. The monoisotopic (exact) mass is 563 g/mol. The van der Waals surface area contributed by atoms with Crippen molar-refractivity contribution in [2.24, 2.45) is 12.0 Å². The maximum absolute atomic E-state index is 14.7. The van der Waals surface area contributed by atoms with E-state index in [-0.39, 0.29) is 35.9 Å². The van der Waals surface area contributed by atoms with Crippen molar-refractivity contribution in [3.8, 4) is 0 Å². The number of aliphatic hydroxyl groups excluding tert-OH is 1. The Bertz CT molecular complexity index is 883. The van der Waals surface area contributed by atoms with E-state index >= 15 is 0 Å². The number of guanidine groups is 1. The van der Waals surface area contributed by atoms with E-state index in [1.54, 1.807) is 6.07 Å². The number of benzene rings is 1. The van der Waals surface area contributed by atoms with E-state index < -0.39 is 0 Å². The van der Waals surface area contributed by atoms with Gasteiger partial charge >= 0.3 is 0 Å². The molecule has 1 aromatic carbocycles. The van der Waals surface area contributed by atoms with Gasteiger partial charge < -0.3 is 24.8 Å². The summed E-state index contributed by atoms with van der Waals surface area (Å²) in [6.07, 6.45) is 2.96. The van der Waals surface area contributed by atoms with Gasteiger partial charge in [0.05, 0.1) is 29.9 Å². The van der Waals surface area contributed by atoms with Gasteiger partial charge in [-0.2, -0.15) is 0 Å². The quantitative estimate of drug-likeness (QED) is 0.317. The van der Waals surface area contributed by atoms with Crippen LogP contribution < -0.4 is 10.2 Å². The van der Waals surface area contributed by atoms with Crippen LogP contribution in [0.1, 0.15) is 31.0 Å². The minimum Gasteiger partial charge on any atom is -0.393 e. The van der Waals surface area contributed by atoms with Crippen LogP contribution in [0.25, 0.3) is 0 Å². The topological polar surface area (TPSA) is 56.0 Å². The lowest BCUT2D eigenvalue weighted by molar-refractivity contribution is 0.145. The highest BCUT2D eigenvalue weighted by Crippen LogP contribution is 2.24. The zero-order valence-corrected chi connectivity index (χ0v) is 21.4. The summed E-state index contributed by atoms with van der Waals surface area (Å²) in [5.74, 6) is 0.514. The van der Waals surface area contributed by atoms with Gasteiger partial charge in [-0.15, -0.1) is 24.0 Å². The maximum atomic E-state index is 14.7. The van der Waals surface area contributed by atoms with Crippen molar-refractivity contribution < 1.29 is 9.50 Å². The van der Waals surface area contributed by atoms with Crippen LogP contribution in [0.3, 0.4) is 0 Å². The number of nitrogens with zero attached hydrogens (tertiary/aromatic N) is 4. The number of aliphatic hydroxyl groups is 1. The highest BCUT2D eigenvalue weighted by molar-refractivity contribution is 14.0. The second-order valence-electron chi connectivity index (χ2n) is 7.79. The molecule has 0 saturated carbocycles. The van der Waals surface area contributed by atoms with Crippen LogP contribution in [0, 0.1) is 5.82 Å². The fourth-order valence-electron chi connectivity index (χ4n) is 3.69. The first kappa shape index (κ1) is 25.7. The molecular weight excluding hydrogens is 532 g/mol. The van der Waals surface area contributed by atoms with Gasteiger partial charge in [0.25, 0.3) is 0 Å². The average Bonchev–Trinajstić information content (AvgIpc) is 3.02. The number of piperidine rings is 1. The van der Waals surface area contributed by atoms with Gasteiger partial charge in [-0.3, -0.25) is 0 Å². The molecule has 0 spiro atoms. The van der Waals surface area contributed by atoms with Crippen LogP contribution in [0.5, 0.6) is 0 Å². The van der Waals surface area contributed by atoms with Gasteiger partial charge in [0, 0.05) is 45.6 Å². The molecule has 0 radical (unpaired) electrons. The van der Waals surface area contributed by atoms with Crippen LogP contribution in [-0.4, -0.2) is 53.3 Å². The Morgan fingerprint density at radius 1 is 1.32 bits per heavy atom. The van der Waals surface area contributed by atoms with Crippen LogP contribution in [-0.2, 0) is 20.1 Å². The third-order valence-electron chi connectivity index (χ3n) is 5.40. The van der Waals surface area contributed by atoms with E-state index in [2.05, 4.69) is 10.3 Å². The summed E-state index contributed by atoms with van der Waals surface area (Å²) >= 11 is 6.09. The SMILES string of the molecule is CCNC(=NCc1ccc(N2CCC(O)CC2)c(F)c1)N(C)Cc1cc(Cl)cn1C.I. The molecule has 1 saturated heterocycles. The predicted molar refractivity (Wildman–Crippen MR) is 136 cm³/mol. The highest BCUT2D eigenvalue weighted by Gasteiger charge is 2.19. The van der Waals surface area contributed by atoms with Gasteiger partial charge in [-0.05, 0) is 43.5 Å². The molecule has 1 aromatic heterocycles. The number of aliphatic imine (C=N–C) groups is 1. The Morgan fingerprint density at radius 2 is 2.03 bits per heavy atom. The molecule has 31 heavy (non-hydrogen) atoms. The van der Waals surface area contributed by atoms with Crippen molar-refractivity contribution in [1.82, 2.24) is 14.8 Å². The Kier molecular flexibility index (Phi) is 9.90. The second-order valence-corrected chi connectivity index (χ2v) is 8.23. The van der Waals surface area contributed by atoms with E-state index in [4.69, 9.17) is 11.6 Å². The molecule has 0 unspecified atom stereocenters. The Labute approximate surface area is 206 Å². The lowest BCUT2D eigenvalue weighted by Gasteiger charge is -2.31. The first-order chi connectivity index (χ1) is 14.4. The van der Waals surface area contributed by atoms with Crippen molar-refractivity contribution in [2.45, 2.75) is 39.0 Å². The summed E-state index contributed by atoms with van der Waals surface area (Å²) in [5, 5.41) is 13.7. The van der Waals surface area contributed by atoms with Crippen LogP contribution in [0.2, 0.25) is 5.02 Å². The molecule has 1 fully saturated rings. The fourth-order valence-corrected chi connectivity index (χ4v) is 3.96. The summed E-state index contributed by atoms with van der Waals surface area (Å²) in [7, 11) is 3.93. The number of aryl methyl sites for hydroxylation is 1.